The van der Waals surface area contributed by atoms with E-state index in [1.807, 2.05) is 25.2 Å². The normalized spacial score (nSPS) is 44.6. The molecule has 0 saturated carbocycles. The van der Waals surface area contributed by atoms with E-state index in [0.29, 0.717) is 0 Å². The summed E-state index contributed by atoms with van der Waals surface area (Å²) in [6.45, 7) is 3.14. The zero-order valence-corrected chi connectivity index (χ0v) is 39.3. The van der Waals surface area contributed by atoms with E-state index < -0.39 is 147 Å². The average Bonchev–Trinajstić information content (AvgIpc) is 3.67. The molecule has 3 saturated heterocycles. The summed E-state index contributed by atoms with van der Waals surface area (Å²) in [5, 5.41) is 122. The molecule has 4 heterocycles. The van der Waals surface area contributed by atoms with Crippen LogP contribution in [0.15, 0.2) is 85.1 Å². The van der Waals surface area contributed by atoms with Crippen molar-refractivity contribution in [2.45, 2.75) is 175 Å². The van der Waals surface area contributed by atoms with Gasteiger partial charge in [0.1, 0.15) is 12.2 Å². The van der Waals surface area contributed by atoms with Crippen molar-refractivity contribution in [2.75, 3.05) is 19.8 Å². The second-order valence-corrected chi connectivity index (χ2v) is 18.6. The number of cyclic esters (lactones) is 1. The summed E-state index contributed by atoms with van der Waals surface area (Å²) in [5.74, 6) is -5.45. The number of fused-ring (bicyclic) bond motifs is 2. The molecule has 390 valence electrons. The fraction of sp³-hybridized carbons (Fsp3) is 0.673. The minimum atomic E-state index is -2.32. The van der Waals surface area contributed by atoms with E-state index in [-0.39, 0.29) is 57.8 Å². The molecule has 0 aromatic carbocycles. The number of hydrogen-bond acceptors (Lipinski definition) is 19. The highest BCUT2D eigenvalue weighted by Gasteiger charge is 2.51. The van der Waals surface area contributed by atoms with E-state index in [1.54, 1.807) is 73.8 Å². The third kappa shape index (κ3) is 19.9. The maximum absolute atomic E-state index is 13.9. The average molecular weight is 981 g/mol. The van der Waals surface area contributed by atoms with Crippen LogP contribution in [-0.2, 0) is 33.3 Å². The number of carbonyl (C=O) groups excluding carboxylic acids is 2. The lowest BCUT2D eigenvalue weighted by atomic mass is 9.82. The van der Waals surface area contributed by atoms with Gasteiger partial charge >= 0.3 is 5.97 Å². The van der Waals surface area contributed by atoms with Crippen LogP contribution >= 0.6 is 0 Å². The van der Waals surface area contributed by atoms with E-state index in [2.05, 4.69) is 5.32 Å². The topological polar surface area (TPSA) is 341 Å². The molecule has 0 aliphatic carbocycles. The van der Waals surface area contributed by atoms with Gasteiger partial charge in [0.15, 0.2) is 12.1 Å². The number of ether oxygens (including phenoxy) is 5. The molecule has 19 atom stereocenters. The smallest absolute Gasteiger partial charge is 0.308 e. The first-order chi connectivity index (χ1) is 32.7. The Labute approximate surface area is 403 Å². The van der Waals surface area contributed by atoms with Crippen LogP contribution in [0.3, 0.4) is 0 Å². The first-order valence-corrected chi connectivity index (χ1v) is 23.7. The third-order valence-electron chi connectivity index (χ3n) is 12.4. The summed E-state index contributed by atoms with van der Waals surface area (Å²) in [7, 11) is 0. The van der Waals surface area contributed by atoms with Crippen LogP contribution in [0.1, 0.15) is 71.6 Å². The van der Waals surface area contributed by atoms with Crippen LogP contribution in [0.5, 0.6) is 0 Å². The van der Waals surface area contributed by atoms with E-state index in [9.17, 15) is 65.8 Å². The van der Waals surface area contributed by atoms with Gasteiger partial charge in [-0.2, -0.15) is 0 Å². The summed E-state index contributed by atoms with van der Waals surface area (Å²) in [4.78, 5) is 26.4. The number of hydrogen-bond donors (Lipinski definition) is 13. The van der Waals surface area contributed by atoms with Gasteiger partial charge in [0.25, 0.3) is 0 Å². The molecular formula is C49H76N2O18. The van der Waals surface area contributed by atoms with Crippen LogP contribution in [0.4, 0.5) is 0 Å². The number of esters is 1. The second kappa shape index (κ2) is 29.1. The van der Waals surface area contributed by atoms with Crippen molar-refractivity contribution in [1.82, 2.24) is 5.32 Å². The molecule has 0 aromatic heterocycles. The third-order valence-corrected chi connectivity index (χ3v) is 12.4. The molecule has 0 spiro atoms. The zero-order valence-electron chi connectivity index (χ0n) is 39.3. The van der Waals surface area contributed by atoms with Gasteiger partial charge in [-0.1, -0.05) is 92.0 Å². The molecule has 11 unspecified atom stereocenters. The molecule has 20 nitrogen and oxygen atoms in total. The molecule has 4 aliphatic heterocycles. The summed E-state index contributed by atoms with van der Waals surface area (Å²) < 4.78 is 28.5. The van der Waals surface area contributed by atoms with E-state index >= 15 is 0 Å². The first kappa shape index (κ1) is 58.1. The number of nitrogens with two attached hydrogens (primary N) is 1. The molecule has 14 N–H and O–H groups in total. The molecule has 0 aromatic rings. The van der Waals surface area contributed by atoms with E-state index in [0.717, 1.165) is 0 Å². The SMILES string of the molecule is C[C@H]1CC(O)[C@@H](C)/C=C/C=C/C=C/C=C/C=C/C=C/C=C/C(O[C@@H]2OCC(O)[C@H](N)C2O)C[C@@H]2OC(O)(CC(O)CC(O)C(O)CCC(O)CC(O)CC(=O)O1)C[C@H](O)C2C(=O)N[C@H]1COC[C@@H]1O. The van der Waals surface area contributed by atoms with Crippen molar-refractivity contribution < 1.29 is 89.4 Å². The van der Waals surface area contributed by atoms with Gasteiger partial charge in [0.05, 0.1) is 111 Å². The van der Waals surface area contributed by atoms with Crippen molar-refractivity contribution in [1.29, 1.82) is 0 Å². The minimum Gasteiger partial charge on any atom is -0.462 e. The largest absolute Gasteiger partial charge is 0.462 e. The van der Waals surface area contributed by atoms with Gasteiger partial charge in [-0.05, 0) is 26.2 Å². The standard InChI is InChI=1S/C49H76N2O18/c1-29-15-13-11-9-7-5-3-4-6-8-10-12-14-16-34(68-48-46(62)45(50)41(60)28-66-48)23-42-44(47(63)51-35-26-65-27-40(35)59)39(58)25-49(64,69-42)24-33(54)21-38(57)36(55)18-17-31(52)20-32(53)22-43(61)67-30(2)19-37(29)56/h3-16,29-42,44-46,48,52-60,62,64H,17-28,50H2,1-2H3,(H,51,63)/b4-3+,7-5+,8-6+,11-9+,12-10+,15-13+,16-14+/t29-,30-,31?,32?,33?,34?,35-,36?,37?,38?,39-,40-,41?,42-,44?,45-,46?,48-,49?/m0/s1. The van der Waals surface area contributed by atoms with Crippen LogP contribution in [0.2, 0.25) is 0 Å². The number of amides is 1. The Hall–Kier alpha value is -3.52. The quantitative estimate of drug-likeness (QED) is 0.148. The van der Waals surface area contributed by atoms with Crippen molar-refractivity contribution in [3.05, 3.63) is 85.1 Å². The molecule has 1 amide bonds. The van der Waals surface area contributed by atoms with Crippen molar-refractivity contribution in [3.8, 4) is 0 Å². The number of aliphatic hydroxyl groups is 11. The van der Waals surface area contributed by atoms with Gasteiger partial charge in [-0.15, -0.1) is 0 Å². The number of rotatable bonds is 4. The highest BCUT2D eigenvalue weighted by atomic mass is 16.7. The van der Waals surface area contributed by atoms with Crippen molar-refractivity contribution in [3.63, 3.8) is 0 Å². The van der Waals surface area contributed by atoms with E-state index in [4.69, 9.17) is 29.4 Å². The number of aliphatic hydroxyl groups excluding tert-OH is 10. The Morgan fingerprint density at radius 3 is 1.91 bits per heavy atom. The molecule has 4 rings (SSSR count). The van der Waals surface area contributed by atoms with Gasteiger partial charge in [0, 0.05) is 38.0 Å². The molecule has 20 heteroatoms. The lowest BCUT2D eigenvalue weighted by Crippen LogP contribution is -2.60. The van der Waals surface area contributed by atoms with Crippen molar-refractivity contribution in [2.24, 2.45) is 17.6 Å². The summed E-state index contributed by atoms with van der Waals surface area (Å²) in [6, 6.07) is -1.95. The molecule has 0 radical (unpaired) electrons. The van der Waals surface area contributed by atoms with Crippen LogP contribution < -0.4 is 11.1 Å². The maximum Gasteiger partial charge on any atom is 0.308 e. The number of carbonyl (C=O) groups is 2. The van der Waals surface area contributed by atoms with E-state index in [1.165, 1.54) is 0 Å². The zero-order chi connectivity index (χ0) is 50.7. The summed E-state index contributed by atoms with van der Waals surface area (Å²) in [5.41, 5.74) is 6.01. The fourth-order valence-electron chi connectivity index (χ4n) is 8.47. The first-order valence-electron chi connectivity index (χ1n) is 23.7. The Bertz CT molecular complexity index is 1770. The summed E-state index contributed by atoms with van der Waals surface area (Å²) >= 11 is 0. The van der Waals surface area contributed by atoms with Crippen LogP contribution in [0.25, 0.3) is 0 Å². The Balaban J connectivity index is 1.58. The lowest BCUT2D eigenvalue weighted by Gasteiger charge is -2.46. The molecule has 69 heavy (non-hydrogen) atoms. The van der Waals surface area contributed by atoms with Gasteiger partial charge < -0.3 is 90.9 Å². The Morgan fingerprint density at radius 2 is 1.29 bits per heavy atom. The van der Waals surface area contributed by atoms with Gasteiger partial charge in [0.2, 0.25) is 5.91 Å². The molecule has 2 bridgehead atoms. The highest BCUT2D eigenvalue weighted by molar-refractivity contribution is 5.80. The van der Waals surface area contributed by atoms with Crippen molar-refractivity contribution >= 4 is 11.9 Å². The van der Waals surface area contributed by atoms with Gasteiger partial charge in [-0.3, -0.25) is 9.59 Å². The Morgan fingerprint density at radius 1 is 0.667 bits per heavy atom. The predicted octanol–water partition coefficient (Wildman–Crippen LogP) is -1.13. The summed E-state index contributed by atoms with van der Waals surface area (Å²) in [6.07, 6.45) is 3.98. The predicted molar refractivity (Wildman–Crippen MR) is 249 cm³/mol. The molecular weight excluding hydrogens is 905 g/mol. The monoisotopic (exact) mass is 981 g/mol. The highest BCUT2D eigenvalue weighted by Crippen LogP contribution is 2.38. The minimum absolute atomic E-state index is 0.00526. The number of nitrogens with one attached hydrogen (secondary N) is 1. The fourth-order valence-corrected chi connectivity index (χ4v) is 8.47. The maximum atomic E-state index is 13.9. The Kier molecular flexibility index (Phi) is 24.5. The second-order valence-electron chi connectivity index (χ2n) is 18.6. The van der Waals surface area contributed by atoms with Gasteiger partial charge in [-0.25, -0.2) is 0 Å². The lowest BCUT2D eigenvalue weighted by molar-refractivity contribution is -0.304. The number of allylic oxidation sites excluding steroid dienone is 12. The van der Waals surface area contributed by atoms with Crippen LogP contribution in [0, 0.1) is 11.8 Å². The molecule has 4 aliphatic rings. The van der Waals surface area contributed by atoms with Crippen LogP contribution in [-0.4, -0.2) is 191 Å². The molecule has 3 fully saturated rings.